The molecule has 2 heterocycles. The van der Waals surface area contributed by atoms with E-state index in [1.54, 1.807) is 29.3 Å². The van der Waals surface area contributed by atoms with Crippen LogP contribution >= 0.6 is 0 Å². The highest BCUT2D eigenvalue weighted by molar-refractivity contribution is 5.95. The lowest BCUT2D eigenvalue weighted by Gasteiger charge is -2.17. The third-order valence-electron chi connectivity index (χ3n) is 2.78. The third-order valence-corrected chi connectivity index (χ3v) is 2.78. The molecule has 1 aromatic heterocycles. The van der Waals surface area contributed by atoms with Crippen LogP contribution in [0, 0.1) is 5.92 Å². The molecule has 1 aliphatic heterocycles. The van der Waals surface area contributed by atoms with Gasteiger partial charge in [-0.05, 0) is 6.07 Å². The third kappa shape index (κ3) is 1.84. The van der Waals surface area contributed by atoms with Gasteiger partial charge in [0.05, 0.1) is 6.61 Å². The Balaban J connectivity index is 2.30. The standard InChI is InChI=1S/C12H14N2O2/c1-2-9-6-11(16)14(7-9)12-10(8-15)4-3-5-13-12/h2-5,9,15H,1,6-8H2. The zero-order valence-electron chi connectivity index (χ0n) is 8.97. The molecule has 0 aliphatic carbocycles. The summed E-state index contributed by atoms with van der Waals surface area (Å²) in [6, 6.07) is 3.53. The summed E-state index contributed by atoms with van der Waals surface area (Å²) in [6.07, 6.45) is 3.90. The summed E-state index contributed by atoms with van der Waals surface area (Å²) in [5.74, 6) is 0.790. The predicted octanol–water partition coefficient (Wildman–Crippen LogP) is 1.11. The van der Waals surface area contributed by atoms with Gasteiger partial charge in [0.1, 0.15) is 5.82 Å². The maximum Gasteiger partial charge on any atom is 0.228 e. The highest BCUT2D eigenvalue weighted by Gasteiger charge is 2.30. The van der Waals surface area contributed by atoms with Crippen LogP contribution in [0.15, 0.2) is 31.0 Å². The van der Waals surface area contributed by atoms with Crippen molar-refractivity contribution in [3.8, 4) is 0 Å². The Morgan fingerprint density at radius 1 is 1.69 bits per heavy atom. The summed E-state index contributed by atoms with van der Waals surface area (Å²) in [5, 5.41) is 9.19. The Hall–Kier alpha value is -1.68. The second kappa shape index (κ2) is 4.45. The lowest BCUT2D eigenvalue weighted by molar-refractivity contribution is -0.117. The molecule has 0 bridgehead atoms. The van der Waals surface area contributed by atoms with Crippen molar-refractivity contribution in [3.63, 3.8) is 0 Å². The monoisotopic (exact) mass is 218 g/mol. The van der Waals surface area contributed by atoms with E-state index >= 15 is 0 Å². The summed E-state index contributed by atoms with van der Waals surface area (Å²) in [5.41, 5.74) is 0.681. The molecule has 4 heteroatoms. The number of carbonyl (C=O) groups excluding carboxylic acids is 1. The smallest absolute Gasteiger partial charge is 0.228 e. The minimum absolute atomic E-state index is 0.0401. The average molecular weight is 218 g/mol. The number of hydrogen-bond donors (Lipinski definition) is 1. The Kier molecular flexibility index (Phi) is 3.01. The largest absolute Gasteiger partial charge is 0.392 e. The van der Waals surface area contributed by atoms with Crippen molar-refractivity contribution in [2.24, 2.45) is 5.92 Å². The van der Waals surface area contributed by atoms with Crippen LogP contribution in [-0.4, -0.2) is 22.5 Å². The number of anilines is 1. The molecule has 1 saturated heterocycles. The van der Waals surface area contributed by atoms with E-state index in [9.17, 15) is 9.90 Å². The van der Waals surface area contributed by atoms with E-state index in [0.717, 1.165) is 0 Å². The molecule has 1 aromatic rings. The molecule has 1 unspecified atom stereocenters. The summed E-state index contributed by atoms with van der Waals surface area (Å²) < 4.78 is 0. The minimum Gasteiger partial charge on any atom is -0.392 e. The molecule has 2 rings (SSSR count). The van der Waals surface area contributed by atoms with Crippen LogP contribution in [0.25, 0.3) is 0 Å². The van der Waals surface area contributed by atoms with E-state index in [2.05, 4.69) is 11.6 Å². The van der Waals surface area contributed by atoms with Crippen LogP contribution in [0.3, 0.4) is 0 Å². The van der Waals surface area contributed by atoms with Crippen molar-refractivity contribution in [3.05, 3.63) is 36.5 Å². The summed E-state index contributed by atoms with van der Waals surface area (Å²) in [7, 11) is 0. The molecule has 1 atom stereocenters. The normalized spacial score (nSPS) is 20.2. The fourth-order valence-electron chi connectivity index (χ4n) is 1.89. The predicted molar refractivity (Wildman–Crippen MR) is 60.8 cm³/mol. The molecule has 4 nitrogen and oxygen atoms in total. The molecule has 0 aromatic carbocycles. The quantitative estimate of drug-likeness (QED) is 0.773. The lowest BCUT2D eigenvalue weighted by atomic mass is 10.1. The Morgan fingerprint density at radius 3 is 3.12 bits per heavy atom. The van der Waals surface area contributed by atoms with E-state index in [1.807, 2.05) is 0 Å². The summed E-state index contributed by atoms with van der Waals surface area (Å²) >= 11 is 0. The number of aliphatic hydroxyl groups is 1. The molecule has 0 saturated carbocycles. The number of nitrogens with zero attached hydrogens (tertiary/aromatic N) is 2. The van der Waals surface area contributed by atoms with Gasteiger partial charge in [0.25, 0.3) is 0 Å². The molecule has 0 spiro atoms. The highest BCUT2D eigenvalue weighted by atomic mass is 16.3. The number of carbonyl (C=O) groups is 1. The maximum absolute atomic E-state index is 11.8. The SMILES string of the molecule is C=CC1CC(=O)N(c2ncccc2CO)C1. The minimum atomic E-state index is -0.105. The summed E-state index contributed by atoms with van der Waals surface area (Å²) in [6.45, 7) is 4.20. The van der Waals surface area contributed by atoms with Gasteiger partial charge in [-0.2, -0.15) is 0 Å². The van der Waals surface area contributed by atoms with E-state index in [1.165, 1.54) is 0 Å². The topological polar surface area (TPSA) is 53.4 Å². The number of aromatic nitrogens is 1. The van der Waals surface area contributed by atoms with Gasteiger partial charge >= 0.3 is 0 Å². The fourth-order valence-corrected chi connectivity index (χ4v) is 1.89. The average Bonchev–Trinajstić information content (AvgIpc) is 2.70. The second-order valence-electron chi connectivity index (χ2n) is 3.85. The van der Waals surface area contributed by atoms with Crippen molar-refractivity contribution < 1.29 is 9.90 Å². The van der Waals surface area contributed by atoms with Gasteiger partial charge in [-0.25, -0.2) is 4.98 Å². The Labute approximate surface area is 94.2 Å². The van der Waals surface area contributed by atoms with E-state index < -0.39 is 0 Å². The number of rotatable bonds is 3. The zero-order chi connectivity index (χ0) is 11.5. The van der Waals surface area contributed by atoms with Crippen molar-refractivity contribution in [1.82, 2.24) is 4.98 Å². The summed E-state index contributed by atoms with van der Waals surface area (Å²) in [4.78, 5) is 17.6. The van der Waals surface area contributed by atoms with Crippen LogP contribution in [0.4, 0.5) is 5.82 Å². The molecule has 1 amide bonds. The molecular formula is C12H14N2O2. The highest BCUT2D eigenvalue weighted by Crippen LogP contribution is 2.26. The van der Waals surface area contributed by atoms with Gasteiger partial charge in [0.15, 0.2) is 0 Å². The molecule has 84 valence electrons. The maximum atomic E-state index is 11.8. The second-order valence-corrected chi connectivity index (χ2v) is 3.85. The van der Waals surface area contributed by atoms with Crippen LogP contribution in [0.2, 0.25) is 0 Å². The number of aliphatic hydroxyl groups excluding tert-OH is 1. The van der Waals surface area contributed by atoms with Crippen LogP contribution in [0.1, 0.15) is 12.0 Å². The van der Waals surface area contributed by atoms with Gasteiger partial charge in [-0.3, -0.25) is 9.69 Å². The fraction of sp³-hybridized carbons (Fsp3) is 0.333. The van der Waals surface area contributed by atoms with Gasteiger partial charge in [-0.15, -0.1) is 6.58 Å². The van der Waals surface area contributed by atoms with E-state index in [0.29, 0.717) is 24.3 Å². The molecular weight excluding hydrogens is 204 g/mol. The zero-order valence-corrected chi connectivity index (χ0v) is 8.97. The van der Waals surface area contributed by atoms with Crippen LogP contribution in [0.5, 0.6) is 0 Å². The first-order valence-electron chi connectivity index (χ1n) is 5.24. The van der Waals surface area contributed by atoms with Crippen LogP contribution < -0.4 is 4.90 Å². The van der Waals surface area contributed by atoms with E-state index in [4.69, 9.17) is 0 Å². The molecule has 0 radical (unpaired) electrons. The number of hydrogen-bond acceptors (Lipinski definition) is 3. The Bertz CT molecular complexity index is 417. The molecule has 1 N–H and O–H groups in total. The Morgan fingerprint density at radius 2 is 2.50 bits per heavy atom. The van der Waals surface area contributed by atoms with Crippen LogP contribution in [-0.2, 0) is 11.4 Å². The van der Waals surface area contributed by atoms with Crippen molar-refractivity contribution in [1.29, 1.82) is 0 Å². The van der Waals surface area contributed by atoms with Gasteiger partial charge in [0.2, 0.25) is 5.91 Å². The van der Waals surface area contributed by atoms with Crippen molar-refractivity contribution >= 4 is 11.7 Å². The number of pyridine rings is 1. The van der Waals surface area contributed by atoms with E-state index in [-0.39, 0.29) is 18.4 Å². The molecule has 16 heavy (non-hydrogen) atoms. The van der Waals surface area contributed by atoms with Crippen molar-refractivity contribution in [2.75, 3.05) is 11.4 Å². The van der Waals surface area contributed by atoms with Gasteiger partial charge in [-0.1, -0.05) is 12.1 Å². The first-order valence-corrected chi connectivity index (χ1v) is 5.24. The van der Waals surface area contributed by atoms with Crippen molar-refractivity contribution in [2.45, 2.75) is 13.0 Å². The molecule has 1 aliphatic rings. The molecule has 1 fully saturated rings. The lowest BCUT2D eigenvalue weighted by Crippen LogP contribution is -2.26. The number of amides is 1. The van der Waals surface area contributed by atoms with Gasteiger partial charge < -0.3 is 5.11 Å². The van der Waals surface area contributed by atoms with Gasteiger partial charge in [0, 0.05) is 30.6 Å². The first-order chi connectivity index (χ1) is 7.76. The first kappa shape index (κ1) is 10.8.